The van der Waals surface area contributed by atoms with Crippen molar-refractivity contribution in [3.05, 3.63) is 75.7 Å². The molecule has 0 spiro atoms. The molecule has 1 amide bonds. The largest absolute Gasteiger partial charge is 0.394 e. The lowest BCUT2D eigenvalue weighted by Crippen LogP contribution is -2.39. The molecule has 0 fully saturated rings. The zero-order valence-electron chi connectivity index (χ0n) is 12.8. The number of aliphatic hydroxyl groups is 1. The van der Waals surface area contributed by atoms with Gasteiger partial charge in [-0.2, -0.15) is 0 Å². The SMILES string of the molecule is Cc1ccc(C[C@@H](CO)NC(=O)c2ccc(N=[N+]=[N-])cc2)cc1. The van der Waals surface area contributed by atoms with Crippen molar-refractivity contribution >= 4 is 11.6 Å². The first-order chi connectivity index (χ1) is 11.1. The van der Waals surface area contributed by atoms with Crippen molar-refractivity contribution in [1.29, 1.82) is 0 Å². The van der Waals surface area contributed by atoms with Crippen LogP contribution >= 0.6 is 0 Å². The summed E-state index contributed by atoms with van der Waals surface area (Å²) in [5.74, 6) is -0.274. The molecular weight excluding hydrogens is 292 g/mol. The Labute approximate surface area is 134 Å². The summed E-state index contributed by atoms with van der Waals surface area (Å²) in [5, 5.41) is 15.7. The highest BCUT2D eigenvalue weighted by Gasteiger charge is 2.13. The van der Waals surface area contributed by atoms with Crippen LogP contribution in [-0.4, -0.2) is 23.7 Å². The van der Waals surface area contributed by atoms with Gasteiger partial charge in [0.2, 0.25) is 0 Å². The van der Waals surface area contributed by atoms with E-state index in [9.17, 15) is 9.90 Å². The topological polar surface area (TPSA) is 98.1 Å². The number of amides is 1. The predicted octanol–water partition coefficient (Wildman–Crippen LogP) is 3.27. The summed E-state index contributed by atoms with van der Waals surface area (Å²) < 4.78 is 0. The summed E-state index contributed by atoms with van der Waals surface area (Å²) in [4.78, 5) is 14.9. The highest BCUT2D eigenvalue weighted by molar-refractivity contribution is 5.94. The maximum Gasteiger partial charge on any atom is 0.251 e. The molecule has 6 nitrogen and oxygen atoms in total. The van der Waals surface area contributed by atoms with Crippen LogP contribution in [0, 0.1) is 6.92 Å². The summed E-state index contributed by atoms with van der Waals surface area (Å²) in [6, 6.07) is 13.9. The zero-order chi connectivity index (χ0) is 16.7. The van der Waals surface area contributed by atoms with E-state index < -0.39 is 0 Å². The van der Waals surface area contributed by atoms with Gasteiger partial charge >= 0.3 is 0 Å². The molecule has 0 saturated heterocycles. The van der Waals surface area contributed by atoms with Crippen molar-refractivity contribution in [3.8, 4) is 0 Å². The summed E-state index contributed by atoms with van der Waals surface area (Å²) >= 11 is 0. The van der Waals surface area contributed by atoms with Gasteiger partial charge in [0.25, 0.3) is 5.91 Å². The average Bonchev–Trinajstić information content (AvgIpc) is 2.57. The zero-order valence-corrected chi connectivity index (χ0v) is 12.8. The van der Waals surface area contributed by atoms with E-state index >= 15 is 0 Å². The molecule has 2 aromatic carbocycles. The minimum Gasteiger partial charge on any atom is -0.394 e. The Balaban J connectivity index is 2.01. The third-order valence-electron chi connectivity index (χ3n) is 3.45. The molecule has 118 valence electrons. The third kappa shape index (κ3) is 4.85. The van der Waals surface area contributed by atoms with Crippen molar-refractivity contribution in [2.24, 2.45) is 5.11 Å². The van der Waals surface area contributed by atoms with Gasteiger partial charge in [-0.05, 0) is 36.6 Å². The second-order valence-electron chi connectivity index (χ2n) is 5.28. The highest BCUT2D eigenvalue weighted by atomic mass is 16.3. The van der Waals surface area contributed by atoms with Gasteiger partial charge in [-0.1, -0.05) is 47.1 Å². The van der Waals surface area contributed by atoms with Crippen molar-refractivity contribution in [3.63, 3.8) is 0 Å². The number of aryl methyl sites for hydroxylation is 1. The van der Waals surface area contributed by atoms with Gasteiger partial charge in [-0.3, -0.25) is 4.79 Å². The molecule has 6 heteroatoms. The van der Waals surface area contributed by atoms with Gasteiger partial charge in [0.15, 0.2) is 0 Å². The Kier molecular flexibility index (Phi) is 5.74. The molecule has 23 heavy (non-hydrogen) atoms. The molecule has 0 aliphatic rings. The number of carbonyl (C=O) groups is 1. The number of nitrogens with zero attached hydrogens (tertiary/aromatic N) is 3. The number of hydrogen-bond donors (Lipinski definition) is 2. The molecule has 0 radical (unpaired) electrons. The van der Waals surface area contributed by atoms with Gasteiger partial charge in [-0.15, -0.1) is 0 Å². The number of hydrogen-bond acceptors (Lipinski definition) is 3. The first-order valence-corrected chi connectivity index (χ1v) is 7.25. The fourth-order valence-electron chi connectivity index (χ4n) is 2.17. The lowest BCUT2D eigenvalue weighted by Gasteiger charge is -2.16. The number of aliphatic hydroxyl groups excluding tert-OH is 1. The summed E-state index contributed by atoms with van der Waals surface area (Å²) in [6.07, 6.45) is 0.555. The van der Waals surface area contributed by atoms with Crippen molar-refractivity contribution in [2.45, 2.75) is 19.4 Å². The number of nitrogens with one attached hydrogen (secondary N) is 1. The summed E-state index contributed by atoms with van der Waals surface area (Å²) in [5.41, 5.74) is 11.5. The van der Waals surface area contributed by atoms with E-state index in [-0.39, 0.29) is 18.6 Å². The van der Waals surface area contributed by atoms with E-state index in [0.717, 1.165) is 5.56 Å². The standard InChI is InChI=1S/C17H18N4O2/c1-12-2-4-13(5-3-12)10-16(11-22)19-17(23)14-6-8-15(9-7-14)20-21-18/h2-9,16,22H,10-11H2,1H3,(H,19,23)/t16-/m0/s1. The minimum atomic E-state index is -0.359. The monoisotopic (exact) mass is 310 g/mol. The number of benzene rings is 2. The molecule has 0 unspecified atom stereocenters. The van der Waals surface area contributed by atoms with Gasteiger partial charge < -0.3 is 10.4 Å². The molecule has 0 heterocycles. The second kappa shape index (κ2) is 7.98. The molecular formula is C17H18N4O2. The first-order valence-electron chi connectivity index (χ1n) is 7.25. The van der Waals surface area contributed by atoms with Crippen molar-refractivity contribution in [2.75, 3.05) is 6.61 Å². The fourth-order valence-corrected chi connectivity index (χ4v) is 2.17. The Bertz CT molecular complexity index is 704. The quantitative estimate of drug-likeness (QED) is 0.486. The number of carbonyl (C=O) groups excluding carboxylic acids is 1. The normalized spacial score (nSPS) is 11.4. The molecule has 0 aromatic heterocycles. The van der Waals surface area contributed by atoms with E-state index in [2.05, 4.69) is 15.3 Å². The van der Waals surface area contributed by atoms with E-state index in [1.807, 2.05) is 31.2 Å². The Hall–Kier alpha value is -2.82. The van der Waals surface area contributed by atoms with E-state index in [1.54, 1.807) is 24.3 Å². The van der Waals surface area contributed by atoms with Crippen LogP contribution in [0.1, 0.15) is 21.5 Å². The number of azide groups is 1. The van der Waals surface area contributed by atoms with Gasteiger partial charge in [-0.25, -0.2) is 0 Å². The van der Waals surface area contributed by atoms with Crippen molar-refractivity contribution in [1.82, 2.24) is 5.32 Å². The Morgan fingerprint density at radius 3 is 2.43 bits per heavy atom. The van der Waals surface area contributed by atoms with Crippen LogP contribution in [0.25, 0.3) is 10.4 Å². The maximum absolute atomic E-state index is 12.2. The molecule has 0 aliphatic heterocycles. The molecule has 2 N–H and O–H groups in total. The average molecular weight is 310 g/mol. The summed E-state index contributed by atoms with van der Waals surface area (Å²) in [6.45, 7) is 1.87. The van der Waals surface area contributed by atoms with E-state index in [0.29, 0.717) is 17.7 Å². The molecule has 2 aromatic rings. The smallest absolute Gasteiger partial charge is 0.251 e. The molecule has 1 atom stereocenters. The van der Waals surface area contributed by atoms with Crippen LogP contribution in [0.15, 0.2) is 53.6 Å². The summed E-state index contributed by atoms with van der Waals surface area (Å²) in [7, 11) is 0. The fraction of sp³-hybridized carbons (Fsp3) is 0.235. The third-order valence-corrected chi connectivity index (χ3v) is 3.45. The number of rotatable bonds is 6. The van der Waals surface area contributed by atoms with Crippen LogP contribution in [0.2, 0.25) is 0 Å². The van der Waals surface area contributed by atoms with Crippen LogP contribution < -0.4 is 5.32 Å². The Morgan fingerprint density at radius 1 is 1.22 bits per heavy atom. The van der Waals surface area contributed by atoms with E-state index in [4.69, 9.17) is 5.53 Å². The highest BCUT2D eigenvalue weighted by Crippen LogP contribution is 2.13. The lowest BCUT2D eigenvalue weighted by molar-refractivity contribution is 0.0916. The Morgan fingerprint density at radius 2 is 1.87 bits per heavy atom. The van der Waals surface area contributed by atoms with E-state index in [1.165, 1.54) is 5.56 Å². The molecule has 2 rings (SSSR count). The predicted molar refractivity (Wildman–Crippen MR) is 88.5 cm³/mol. The maximum atomic E-state index is 12.2. The van der Waals surface area contributed by atoms with Gasteiger partial charge in [0.1, 0.15) is 0 Å². The van der Waals surface area contributed by atoms with Gasteiger partial charge in [0.05, 0.1) is 12.6 Å². The lowest BCUT2D eigenvalue weighted by atomic mass is 10.0. The van der Waals surface area contributed by atoms with Crippen LogP contribution in [0.3, 0.4) is 0 Å². The second-order valence-corrected chi connectivity index (χ2v) is 5.28. The van der Waals surface area contributed by atoms with Crippen molar-refractivity contribution < 1.29 is 9.90 Å². The molecule has 0 bridgehead atoms. The van der Waals surface area contributed by atoms with Gasteiger partial charge in [0, 0.05) is 16.2 Å². The molecule has 0 saturated carbocycles. The van der Waals surface area contributed by atoms with Crippen LogP contribution in [0.4, 0.5) is 5.69 Å². The molecule has 0 aliphatic carbocycles. The minimum absolute atomic E-state index is 0.142. The van der Waals surface area contributed by atoms with Crippen LogP contribution in [-0.2, 0) is 6.42 Å². The first kappa shape index (κ1) is 16.5. The van der Waals surface area contributed by atoms with Crippen LogP contribution in [0.5, 0.6) is 0 Å².